The molecule has 1 saturated heterocycles. The normalized spacial score (nSPS) is 19.0. The van der Waals surface area contributed by atoms with Crippen molar-refractivity contribution in [2.75, 3.05) is 24.7 Å². The monoisotopic (exact) mass is 431 g/mol. The number of hydrogen-bond acceptors (Lipinski definition) is 5. The van der Waals surface area contributed by atoms with E-state index >= 15 is 0 Å². The third-order valence-electron chi connectivity index (χ3n) is 3.92. The molecular weight excluding hydrogens is 410 g/mol. The Kier molecular flexibility index (Phi) is 6.62. The number of rotatable bonds is 6. The maximum Gasteiger partial charge on any atom is 0.338 e. The van der Waals surface area contributed by atoms with Crippen molar-refractivity contribution < 1.29 is 22.7 Å². The molecule has 138 valence electrons. The topological polar surface area (TPSA) is 80.8 Å². The first-order valence-electron chi connectivity index (χ1n) is 8.10. The third kappa shape index (κ3) is 5.81. The maximum atomic E-state index is 12.5. The molecule has 1 aliphatic heterocycles. The number of hydrogen-bond donors (Lipinski definition) is 0. The van der Waals surface area contributed by atoms with Gasteiger partial charge in [-0.1, -0.05) is 35.8 Å². The van der Waals surface area contributed by atoms with Gasteiger partial charge in [-0.2, -0.15) is 0 Å². The van der Waals surface area contributed by atoms with E-state index in [2.05, 4.69) is 15.9 Å². The van der Waals surface area contributed by atoms with Gasteiger partial charge in [0.25, 0.3) is 5.91 Å². The van der Waals surface area contributed by atoms with Crippen molar-refractivity contribution in [3.63, 3.8) is 0 Å². The summed E-state index contributed by atoms with van der Waals surface area (Å²) in [5, 5.41) is 0. The van der Waals surface area contributed by atoms with Crippen LogP contribution in [-0.2, 0) is 19.4 Å². The molecule has 25 heavy (non-hydrogen) atoms. The summed E-state index contributed by atoms with van der Waals surface area (Å²) in [5.74, 6) is -0.687. The number of halogens is 1. The Labute approximate surface area is 156 Å². The van der Waals surface area contributed by atoms with Gasteiger partial charge in [0.15, 0.2) is 16.4 Å². The number of carbonyl (C=O) groups is 2. The van der Waals surface area contributed by atoms with Crippen LogP contribution in [0.25, 0.3) is 0 Å². The average Bonchev–Trinajstić information content (AvgIpc) is 2.89. The second-order valence-corrected chi connectivity index (χ2v) is 9.73. The quantitative estimate of drug-likeness (QED) is 0.645. The van der Waals surface area contributed by atoms with Gasteiger partial charge in [0.2, 0.25) is 0 Å². The molecule has 2 rings (SSSR count). The van der Waals surface area contributed by atoms with Crippen LogP contribution in [0.15, 0.2) is 28.7 Å². The van der Waals surface area contributed by atoms with Crippen molar-refractivity contribution in [2.24, 2.45) is 5.92 Å². The Bertz CT molecular complexity index is 747. The fourth-order valence-corrected chi connectivity index (χ4v) is 4.91. The molecule has 8 heteroatoms. The van der Waals surface area contributed by atoms with Crippen molar-refractivity contribution in [3.05, 3.63) is 34.3 Å². The molecule has 0 N–H and O–H groups in total. The van der Waals surface area contributed by atoms with Crippen molar-refractivity contribution in [2.45, 2.75) is 26.3 Å². The van der Waals surface area contributed by atoms with Crippen molar-refractivity contribution in [1.29, 1.82) is 0 Å². The fraction of sp³-hybridized carbons (Fsp3) is 0.529. The first-order valence-corrected chi connectivity index (χ1v) is 10.7. The Balaban J connectivity index is 2.01. The maximum absolute atomic E-state index is 12.5. The van der Waals surface area contributed by atoms with E-state index in [-0.39, 0.29) is 29.4 Å². The van der Waals surface area contributed by atoms with E-state index in [1.807, 2.05) is 13.8 Å². The Morgan fingerprint density at radius 1 is 1.36 bits per heavy atom. The summed E-state index contributed by atoms with van der Waals surface area (Å²) in [6, 6.07) is 6.36. The van der Waals surface area contributed by atoms with Crippen LogP contribution >= 0.6 is 15.9 Å². The van der Waals surface area contributed by atoms with Gasteiger partial charge in [-0.25, -0.2) is 13.2 Å². The lowest BCUT2D eigenvalue weighted by Crippen LogP contribution is -2.45. The van der Waals surface area contributed by atoms with E-state index in [9.17, 15) is 18.0 Å². The second-order valence-electron chi connectivity index (χ2n) is 6.58. The molecule has 0 bridgehead atoms. The van der Waals surface area contributed by atoms with E-state index in [0.29, 0.717) is 18.5 Å². The molecule has 1 fully saturated rings. The van der Waals surface area contributed by atoms with Crippen LogP contribution in [0.1, 0.15) is 30.6 Å². The number of nitrogens with zero attached hydrogens (tertiary/aromatic N) is 1. The third-order valence-corrected chi connectivity index (χ3v) is 6.16. The van der Waals surface area contributed by atoms with E-state index < -0.39 is 22.4 Å². The van der Waals surface area contributed by atoms with Gasteiger partial charge in [0, 0.05) is 17.1 Å². The summed E-state index contributed by atoms with van der Waals surface area (Å²) in [5.41, 5.74) is 0.348. The van der Waals surface area contributed by atoms with Gasteiger partial charge in [0.1, 0.15) is 0 Å². The number of ether oxygens (including phenoxy) is 1. The first-order chi connectivity index (χ1) is 11.7. The van der Waals surface area contributed by atoms with Gasteiger partial charge < -0.3 is 9.64 Å². The van der Waals surface area contributed by atoms with E-state index in [4.69, 9.17) is 4.74 Å². The van der Waals surface area contributed by atoms with Crippen molar-refractivity contribution in [1.82, 2.24) is 4.90 Å². The Morgan fingerprint density at radius 2 is 2.08 bits per heavy atom. The summed E-state index contributed by atoms with van der Waals surface area (Å²) >= 11 is 3.28. The van der Waals surface area contributed by atoms with Crippen LogP contribution in [0.2, 0.25) is 0 Å². The summed E-state index contributed by atoms with van der Waals surface area (Å²) in [6.45, 7) is 3.95. The minimum atomic E-state index is -3.10. The van der Waals surface area contributed by atoms with E-state index in [1.54, 1.807) is 29.2 Å². The van der Waals surface area contributed by atoms with Crippen LogP contribution < -0.4 is 0 Å². The predicted molar refractivity (Wildman–Crippen MR) is 98.0 cm³/mol. The van der Waals surface area contributed by atoms with Gasteiger partial charge in [-0.3, -0.25) is 4.79 Å². The Morgan fingerprint density at radius 3 is 2.64 bits per heavy atom. The van der Waals surface area contributed by atoms with Crippen LogP contribution in [0.3, 0.4) is 0 Å². The molecule has 1 aromatic rings. The van der Waals surface area contributed by atoms with Gasteiger partial charge >= 0.3 is 5.97 Å². The Hall–Kier alpha value is -1.41. The molecule has 0 spiro atoms. The van der Waals surface area contributed by atoms with Crippen LogP contribution in [0.5, 0.6) is 0 Å². The number of esters is 1. The molecule has 0 unspecified atom stereocenters. The average molecular weight is 432 g/mol. The van der Waals surface area contributed by atoms with Crippen molar-refractivity contribution in [3.8, 4) is 0 Å². The molecule has 1 aliphatic rings. The smallest absolute Gasteiger partial charge is 0.338 e. The highest BCUT2D eigenvalue weighted by Gasteiger charge is 2.35. The van der Waals surface area contributed by atoms with Crippen LogP contribution in [-0.4, -0.2) is 55.9 Å². The molecule has 0 saturated carbocycles. The zero-order chi connectivity index (χ0) is 18.6. The molecular formula is C17H22BrNO5S. The first kappa shape index (κ1) is 19.9. The predicted octanol–water partition coefficient (Wildman–Crippen LogP) is 2.28. The lowest BCUT2D eigenvalue weighted by atomic mass is 10.1. The number of carbonyl (C=O) groups excluding carboxylic acids is 2. The second kappa shape index (κ2) is 8.31. The molecule has 0 aromatic heterocycles. The molecule has 0 radical (unpaired) electrons. The molecule has 0 aliphatic carbocycles. The summed E-state index contributed by atoms with van der Waals surface area (Å²) in [6.07, 6.45) is 0.431. The fourth-order valence-electron chi connectivity index (χ4n) is 2.78. The van der Waals surface area contributed by atoms with Gasteiger partial charge in [-0.05, 0) is 30.5 Å². The molecule has 1 amide bonds. The van der Waals surface area contributed by atoms with Gasteiger partial charge in [-0.15, -0.1) is 0 Å². The standard InChI is InChI=1S/C17H22BrNO5S/c1-12(2)9-19(15-6-7-25(22,23)11-15)16(20)10-24-17(21)13-4-3-5-14(18)8-13/h3-5,8,12,15H,6-7,9-11H2,1-2H3/t15-/m1/s1. The largest absolute Gasteiger partial charge is 0.452 e. The lowest BCUT2D eigenvalue weighted by Gasteiger charge is -2.29. The van der Waals surface area contributed by atoms with Gasteiger partial charge in [0.05, 0.1) is 17.1 Å². The molecule has 1 atom stereocenters. The zero-order valence-electron chi connectivity index (χ0n) is 14.3. The highest BCUT2D eigenvalue weighted by molar-refractivity contribution is 9.10. The molecule has 6 nitrogen and oxygen atoms in total. The van der Waals surface area contributed by atoms with Crippen molar-refractivity contribution >= 4 is 37.6 Å². The van der Waals surface area contributed by atoms with Crippen LogP contribution in [0, 0.1) is 5.92 Å². The summed E-state index contributed by atoms with van der Waals surface area (Å²) in [7, 11) is -3.10. The number of benzene rings is 1. The molecule has 1 aromatic carbocycles. The minimum absolute atomic E-state index is 0.0228. The number of amides is 1. The lowest BCUT2D eigenvalue weighted by molar-refractivity contribution is -0.137. The molecule has 1 heterocycles. The zero-order valence-corrected chi connectivity index (χ0v) is 16.7. The van der Waals surface area contributed by atoms with E-state index in [0.717, 1.165) is 4.47 Å². The SMILES string of the molecule is CC(C)CN(C(=O)COC(=O)c1cccc(Br)c1)[C@@H]1CCS(=O)(=O)C1. The highest BCUT2D eigenvalue weighted by atomic mass is 79.9. The minimum Gasteiger partial charge on any atom is -0.452 e. The summed E-state index contributed by atoms with van der Waals surface area (Å²) < 4.78 is 29.3. The number of sulfone groups is 1. The van der Waals surface area contributed by atoms with E-state index in [1.165, 1.54) is 0 Å². The van der Waals surface area contributed by atoms with Crippen LogP contribution in [0.4, 0.5) is 0 Å². The summed E-state index contributed by atoms with van der Waals surface area (Å²) in [4.78, 5) is 26.1. The highest BCUT2D eigenvalue weighted by Crippen LogP contribution is 2.19.